The van der Waals surface area contributed by atoms with Crippen LogP contribution in [0.3, 0.4) is 0 Å². The van der Waals surface area contributed by atoms with E-state index in [1.54, 1.807) is 6.20 Å². The second-order valence-corrected chi connectivity index (χ2v) is 5.39. The van der Waals surface area contributed by atoms with Gasteiger partial charge in [-0.25, -0.2) is 0 Å². The molecular weight excluding hydrogens is 298 g/mol. The number of carboxylic acids is 1. The maximum absolute atomic E-state index is 12.3. The van der Waals surface area contributed by atoms with E-state index in [4.69, 9.17) is 5.11 Å². The Bertz CT molecular complexity index is 738. The van der Waals surface area contributed by atoms with E-state index >= 15 is 0 Å². The molecule has 122 valence electrons. The van der Waals surface area contributed by atoms with E-state index in [0.717, 1.165) is 16.5 Å². The largest absolute Gasteiger partial charge is 0.480 e. The number of hydrogen-bond acceptors (Lipinski definition) is 3. The van der Waals surface area contributed by atoms with Crippen LogP contribution < -0.4 is 10.6 Å². The van der Waals surface area contributed by atoms with Crippen molar-refractivity contribution >= 4 is 28.7 Å². The molecule has 2 rings (SSSR count). The van der Waals surface area contributed by atoms with E-state index in [1.807, 2.05) is 24.3 Å². The molecule has 0 spiro atoms. The van der Waals surface area contributed by atoms with Crippen LogP contribution >= 0.6 is 0 Å². The highest BCUT2D eigenvalue weighted by Crippen LogP contribution is 2.19. The molecule has 0 radical (unpaired) electrons. The summed E-state index contributed by atoms with van der Waals surface area (Å²) in [6.45, 7) is 2.69. The number of carbonyl (C=O) groups excluding carboxylic acids is 2. The van der Waals surface area contributed by atoms with Gasteiger partial charge in [-0.05, 0) is 18.6 Å². The van der Waals surface area contributed by atoms with E-state index in [-0.39, 0.29) is 12.3 Å². The van der Waals surface area contributed by atoms with Crippen LogP contribution in [0, 0.1) is 0 Å². The number of rotatable bonds is 6. The lowest BCUT2D eigenvalue weighted by molar-refractivity contribution is -0.141. The van der Waals surface area contributed by atoms with Crippen LogP contribution in [0.2, 0.25) is 0 Å². The van der Waals surface area contributed by atoms with E-state index in [2.05, 4.69) is 15.6 Å². The van der Waals surface area contributed by atoms with Gasteiger partial charge in [0.2, 0.25) is 11.8 Å². The van der Waals surface area contributed by atoms with Gasteiger partial charge in [0.15, 0.2) is 0 Å². The summed E-state index contributed by atoms with van der Waals surface area (Å²) in [5.74, 6) is -2.01. The zero-order valence-electron chi connectivity index (χ0n) is 12.9. The van der Waals surface area contributed by atoms with Gasteiger partial charge in [-0.3, -0.25) is 14.4 Å². The Kier molecular flexibility index (Phi) is 5.00. The molecule has 2 aromatic rings. The number of benzene rings is 1. The van der Waals surface area contributed by atoms with Gasteiger partial charge in [0.05, 0.1) is 0 Å². The molecule has 23 heavy (non-hydrogen) atoms. The Labute approximate surface area is 133 Å². The van der Waals surface area contributed by atoms with Crippen molar-refractivity contribution in [3.8, 4) is 0 Å². The number of aliphatic carboxylic acids is 1. The number of amides is 2. The summed E-state index contributed by atoms with van der Waals surface area (Å²) in [7, 11) is 0. The van der Waals surface area contributed by atoms with Gasteiger partial charge in [-0.2, -0.15) is 0 Å². The fourth-order valence-corrected chi connectivity index (χ4v) is 2.35. The third-order valence-corrected chi connectivity index (χ3v) is 3.52. The number of carboxylic acid groups (broad SMARTS) is 1. The van der Waals surface area contributed by atoms with Crippen molar-refractivity contribution in [2.75, 3.05) is 0 Å². The van der Waals surface area contributed by atoms with Crippen LogP contribution in [0.5, 0.6) is 0 Å². The topological polar surface area (TPSA) is 111 Å². The van der Waals surface area contributed by atoms with Crippen LogP contribution in [-0.4, -0.2) is 40.0 Å². The molecule has 0 bridgehead atoms. The van der Waals surface area contributed by atoms with Gasteiger partial charge in [0.25, 0.3) is 0 Å². The fraction of sp³-hybridized carbons (Fsp3) is 0.312. The lowest BCUT2D eigenvalue weighted by Crippen LogP contribution is -2.51. The minimum atomic E-state index is -1.13. The Morgan fingerprint density at radius 1 is 1.22 bits per heavy atom. The second-order valence-electron chi connectivity index (χ2n) is 5.39. The first-order valence-corrected chi connectivity index (χ1v) is 7.23. The zero-order valence-corrected chi connectivity index (χ0v) is 12.9. The Hall–Kier alpha value is -2.83. The third-order valence-electron chi connectivity index (χ3n) is 3.52. The number of hydrogen-bond donors (Lipinski definition) is 4. The van der Waals surface area contributed by atoms with Crippen molar-refractivity contribution in [1.29, 1.82) is 0 Å². The van der Waals surface area contributed by atoms with Gasteiger partial charge in [-0.1, -0.05) is 18.2 Å². The number of para-hydroxylation sites is 1. The minimum absolute atomic E-state index is 0.266. The number of carbonyl (C=O) groups is 3. The Morgan fingerprint density at radius 2 is 1.91 bits per heavy atom. The average Bonchev–Trinajstić information content (AvgIpc) is 2.89. The minimum Gasteiger partial charge on any atom is -0.480 e. The molecule has 4 N–H and O–H groups in total. The molecule has 1 aromatic heterocycles. The van der Waals surface area contributed by atoms with Gasteiger partial charge in [0.1, 0.15) is 12.1 Å². The predicted octanol–water partition coefficient (Wildman–Crippen LogP) is 0.804. The van der Waals surface area contributed by atoms with Crippen molar-refractivity contribution < 1.29 is 19.5 Å². The molecule has 0 aliphatic rings. The Balaban J connectivity index is 2.19. The third kappa shape index (κ3) is 4.09. The van der Waals surface area contributed by atoms with E-state index in [0.29, 0.717) is 0 Å². The quantitative estimate of drug-likeness (QED) is 0.631. The molecule has 2 amide bonds. The zero-order chi connectivity index (χ0) is 17.0. The summed E-state index contributed by atoms with van der Waals surface area (Å²) < 4.78 is 0. The van der Waals surface area contributed by atoms with Crippen molar-refractivity contribution in [3.63, 3.8) is 0 Å². The molecule has 0 aliphatic carbocycles. The van der Waals surface area contributed by atoms with E-state index < -0.39 is 24.0 Å². The highest BCUT2D eigenvalue weighted by Gasteiger charge is 2.24. The first kappa shape index (κ1) is 16.5. The average molecular weight is 317 g/mol. The summed E-state index contributed by atoms with van der Waals surface area (Å²) in [6, 6.07) is 5.76. The molecule has 1 heterocycles. The number of H-pyrrole nitrogens is 1. The first-order chi connectivity index (χ1) is 10.9. The second kappa shape index (κ2) is 6.95. The maximum Gasteiger partial charge on any atom is 0.325 e. The van der Waals surface area contributed by atoms with Crippen molar-refractivity contribution in [3.05, 3.63) is 36.0 Å². The van der Waals surface area contributed by atoms with Crippen LogP contribution in [0.1, 0.15) is 19.4 Å². The monoisotopic (exact) mass is 317 g/mol. The molecule has 2 atom stereocenters. The smallest absolute Gasteiger partial charge is 0.325 e. The normalized spacial score (nSPS) is 13.3. The number of nitrogens with one attached hydrogen (secondary N) is 3. The van der Waals surface area contributed by atoms with E-state index in [1.165, 1.54) is 13.8 Å². The molecule has 0 unspecified atom stereocenters. The van der Waals surface area contributed by atoms with Crippen molar-refractivity contribution in [1.82, 2.24) is 15.6 Å². The molecule has 0 saturated heterocycles. The van der Waals surface area contributed by atoms with Crippen LogP contribution in [0.4, 0.5) is 0 Å². The van der Waals surface area contributed by atoms with Gasteiger partial charge >= 0.3 is 5.97 Å². The molecule has 0 saturated carbocycles. The molecule has 0 fully saturated rings. The lowest BCUT2D eigenvalue weighted by Gasteiger charge is -2.19. The van der Waals surface area contributed by atoms with Gasteiger partial charge < -0.3 is 20.7 Å². The summed E-state index contributed by atoms with van der Waals surface area (Å²) in [5, 5.41) is 14.8. The SMILES string of the molecule is CC(=O)N[C@@H](Cc1c[nH]c2ccccc12)C(=O)N[C@H](C)C(=O)O. The van der Waals surface area contributed by atoms with Crippen LogP contribution in [-0.2, 0) is 20.8 Å². The maximum atomic E-state index is 12.3. The summed E-state index contributed by atoms with van der Waals surface area (Å²) in [4.78, 5) is 37.6. The highest BCUT2D eigenvalue weighted by atomic mass is 16.4. The van der Waals surface area contributed by atoms with E-state index in [9.17, 15) is 14.4 Å². The molecular formula is C16H19N3O4. The van der Waals surface area contributed by atoms with Crippen LogP contribution in [0.15, 0.2) is 30.5 Å². The highest BCUT2D eigenvalue weighted by molar-refractivity contribution is 5.91. The molecule has 0 aliphatic heterocycles. The predicted molar refractivity (Wildman–Crippen MR) is 84.8 cm³/mol. The van der Waals surface area contributed by atoms with Gasteiger partial charge in [-0.15, -0.1) is 0 Å². The molecule has 7 nitrogen and oxygen atoms in total. The van der Waals surface area contributed by atoms with Crippen LogP contribution in [0.25, 0.3) is 10.9 Å². The standard InChI is InChI=1S/C16H19N3O4/c1-9(16(22)23)18-15(21)14(19-10(2)20)7-11-8-17-13-6-4-3-5-12(11)13/h3-6,8-9,14,17H,7H2,1-2H3,(H,18,21)(H,19,20)(H,22,23)/t9-,14+/m1/s1. The Morgan fingerprint density at radius 3 is 2.57 bits per heavy atom. The summed E-state index contributed by atoms with van der Waals surface area (Å²) in [6.07, 6.45) is 2.05. The molecule has 1 aromatic carbocycles. The number of fused-ring (bicyclic) bond motifs is 1. The fourth-order valence-electron chi connectivity index (χ4n) is 2.35. The van der Waals surface area contributed by atoms with Crippen molar-refractivity contribution in [2.24, 2.45) is 0 Å². The number of aromatic amines is 1. The first-order valence-electron chi connectivity index (χ1n) is 7.23. The lowest BCUT2D eigenvalue weighted by atomic mass is 10.0. The summed E-state index contributed by atoms with van der Waals surface area (Å²) >= 11 is 0. The van der Waals surface area contributed by atoms with Gasteiger partial charge in [0, 0.05) is 30.4 Å². The summed E-state index contributed by atoms with van der Waals surface area (Å²) in [5.41, 5.74) is 1.81. The molecule has 7 heteroatoms. The van der Waals surface area contributed by atoms with Crippen molar-refractivity contribution in [2.45, 2.75) is 32.4 Å². The number of aromatic nitrogens is 1.